The fraction of sp³-hybridized carbons (Fsp3) is 0.680. The standard InChI is InChI=1S/C25H36N4O5/c1-16(2)18-3-5-19(6-4-18)22(30)27-11-13-28(14-12-27)25(34)29-21(24(32)33)20(23(29)31)15-17-7-9-26-10-8-17/h5,17-18,20-21,26H,1,3-4,6-15H2,2H3,(H,32,33)/t18-,20-,21+/m1/s1. The summed E-state index contributed by atoms with van der Waals surface area (Å²) in [7, 11) is 0. The number of carbonyl (C=O) groups is 4. The predicted octanol–water partition coefficient (Wildman–Crippen LogP) is 1.85. The third-order valence-electron chi connectivity index (χ3n) is 7.94. The number of rotatable bonds is 5. The van der Waals surface area contributed by atoms with Crippen LogP contribution in [0.25, 0.3) is 0 Å². The van der Waals surface area contributed by atoms with Gasteiger partial charge >= 0.3 is 12.0 Å². The first-order chi connectivity index (χ1) is 16.3. The lowest BCUT2D eigenvalue weighted by Gasteiger charge is -2.47. The molecule has 3 atom stereocenters. The average molecular weight is 473 g/mol. The molecule has 3 heterocycles. The molecule has 9 heteroatoms. The molecule has 0 bridgehead atoms. The van der Waals surface area contributed by atoms with Crippen molar-refractivity contribution >= 4 is 23.8 Å². The number of carboxylic acid groups (broad SMARTS) is 1. The summed E-state index contributed by atoms with van der Waals surface area (Å²) >= 11 is 0. The highest BCUT2D eigenvalue weighted by Gasteiger charge is 2.56. The van der Waals surface area contributed by atoms with Crippen molar-refractivity contribution in [3.63, 3.8) is 0 Å². The minimum Gasteiger partial charge on any atom is -0.480 e. The molecule has 0 unspecified atom stereocenters. The number of carboxylic acids is 1. The maximum atomic E-state index is 13.1. The van der Waals surface area contributed by atoms with Crippen molar-refractivity contribution in [2.75, 3.05) is 39.3 Å². The number of nitrogens with zero attached hydrogens (tertiary/aromatic N) is 3. The van der Waals surface area contributed by atoms with Gasteiger partial charge in [-0.2, -0.15) is 0 Å². The van der Waals surface area contributed by atoms with Gasteiger partial charge in [0, 0.05) is 31.8 Å². The van der Waals surface area contributed by atoms with Gasteiger partial charge in [-0.05, 0) is 70.4 Å². The van der Waals surface area contributed by atoms with Crippen molar-refractivity contribution in [2.45, 2.75) is 51.5 Å². The van der Waals surface area contributed by atoms with Gasteiger partial charge < -0.3 is 20.2 Å². The van der Waals surface area contributed by atoms with Gasteiger partial charge in [-0.3, -0.25) is 9.59 Å². The molecule has 1 aliphatic carbocycles. The Hall–Kier alpha value is -2.68. The number of hydrogen-bond acceptors (Lipinski definition) is 5. The summed E-state index contributed by atoms with van der Waals surface area (Å²) in [6.45, 7) is 9.13. The molecule has 4 rings (SSSR count). The molecular weight excluding hydrogens is 436 g/mol. The number of carbonyl (C=O) groups excluding carboxylic acids is 3. The van der Waals surface area contributed by atoms with Crippen LogP contribution in [0.1, 0.15) is 45.4 Å². The minimum absolute atomic E-state index is 0.0118. The molecule has 3 saturated heterocycles. The van der Waals surface area contributed by atoms with Crippen LogP contribution in [-0.4, -0.2) is 88.9 Å². The molecule has 3 fully saturated rings. The van der Waals surface area contributed by atoms with Gasteiger partial charge in [-0.25, -0.2) is 14.5 Å². The topological polar surface area (TPSA) is 110 Å². The molecular formula is C25H36N4O5. The van der Waals surface area contributed by atoms with E-state index in [4.69, 9.17) is 0 Å². The number of imide groups is 1. The molecule has 4 amide bonds. The molecule has 0 aromatic heterocycles. The number of aliphatic carboxylic acids is 1. The molecule has 0 aromatic rings. The van der Waals surface area contributed by atoms with Crippen LogP contribution >= 0.6 is 0 Å². The number of likely N-dealkylation sites (tertiary alicyclic amines) is 1. The second-order valence-electron chi connectivity index (χ2n) is 10.1. The van der Waals surface area contributed by atoms with Gasteiger partial charge in [-0.1, -0.05) is 18.2 Å². The van der Waals surface area contributed by atoms with Gasteiger partial charge in [0.25, 0.3) is 0 Å². The SMILES string of the molecule is C=C(C)[C@@H]1CC=C(C(=O)N2CCN(C(=O)N3C(=O)[C@H](CC4CCNCC4)[C@H]3C(=O)O)CC2)CC1. The molecule has 9 nitrogen and oxygen atoms in total. The maximum Gasteiger partial charge on any atom is 0.327 e. The van der Waals surface area contributed by atoms with Crippen LogP contribution in [0, 0.1) is 17.8 Å². The number of β-lactam (4-membered cyclic amide) rings is 1. The Morgan fingerprint density at radius 2 is 1.74 bits per heavy atom. The van der Waals surface area contributed by atoms with E-state index in [1.54, 1.807) is 4.90 Å². The lowest BCUT2D eigenvalue weighted by atomic mass is 9.78. The Balaban J connectivity index is 1.31. The summed E-state index contributed by atoms with van der Waals surface area (Å²) in [6, 6.07) is -1.64. The Morgan fingerprint density at radius 3 is 2.29 bits per heavy atom. The van der Waals surface area contributed by atoms with E-state index in [1.807, 2.05) is 13.0 Å². The van der Waals surface area contributed by atoms with E-state index in [0.29, 0.717) is 44.4 Å². The number of hydrogen-bond donors (Lipinski definition) is 2. The van der Waals surface area contributed by atoms with E-state index in [9.17, 15) is 24.3 Å². The Morgan fingerprint density at radius 1 is 1.09 bits per heavy atom. The number of urea groups is 1. The first-order valence-electron chi connectivity index (χ1n) is 12.5. The molecule has 0 spiro atoms. The van der Waals surface area contributed by atoms with E-state index >= 15 is 0 Å². The van der Waals surface area contributed by atoms with E-state index in [-0.39, 0.29) is 11.8 Å². The third kappa shape index (κ3) is 4.89. The molecule has 34 heavy (non-hydrogen) atoms. The van der Waals surface area contributed by atoms with E-state index in [0.717, 1.165) is 61.2 Å². The number of nitrogens with one attached hydrogen (secondary N) is 1. The van der Waals surface area contributed by atoms with Crippen LogP contribution in [0.3, 0.4) is 0 Å². The van der Waals surface area contributed by atoms with Crippen molar-refractivity contribution in [3.05, 3.63) is 23.8 Å². The molecule has 2 N–H and O–H groups in total. The fourth-order valence-corrected chi connectivity index (χ4v) is 5.68. The first kappa shape index (κ1) is 24.4. The van der Waals surface area contributed by atoms with Crippen LogP contribution in [0.5, 0.6) is 0 Å². The fourth-order valence-electron chi connectivity index (χ4n) is 5.68. The molecule has 0 saturated carbocycles. The lowest BCUT2D eigenvalue weighted by Crippen LogP contribution is -2.69. The van der Waals surface area contributed by atoms with E-state index in [1.165, 1.54) is 4.90 Å². The summed E-state index contributed by atoms with van der Waals surface area (Å²) in [5, 5.41) is 13.0. The van der Waals surface area contributed by atoms with Gasteiger partial charge in [0.2, 0.25) is 11.8 Å². The highest BCUT2D eigenvalue weighted by atomic mass is 16.4. The Bertz CT molecular complexity index is 886. The highest BCUT2D eigenvalue weighted by Crippen LogP contribution is 2.36. The first-order valence-corrected chi connectivity index (χ1v) is 12.5. The summed E-state index contributed by atoms with van der Waals surface area (Å²) < 4.78 is 0. The van der Waals surface area contributed by atoms with Crippen LogP contribution in [0.15, 0.2) is 23.8 Å². The number of piperazine rings is 1. The van der Waals surface area contributed by atoms with Gasteiger partial charge in [0.1, 0.15) is 0 Å². The summed E-state index contributed by atoms with van der Waals surface area (Å²) in [6.07, 6.45) is 6.87. The summed E-state index contributed by atoms with van der Waals surface area (Å²) in [5.41, 5.74) is 1.97. The monoisotopic (exact) mass is 472 g/mol. The number of allylic oxidation sites excluding steroid dienone is 2. The van der Waals surface area contributed by atoms with E-state index < -0.39 is 24.0 Å². The van der Waals surface area contributed by atoms with Crippen molar-refractivity contribution < 1.29 is 24.3 Å². The molecule has 0 radical (unpaired) electrons. The van der Waals surface area contributed by atoms with Crippen molar-refractivity contribution in [1.29, 1.82) is 0 Å². The molecule has 0 aromatic carbocycles. The van der Waals surface area contributed by atoms with Crippen LogP contribution < -0.4 is 5.32 Å². The smallest absolute Gasteiger partial charge is 0.327 e. The lowest BCUT2D eigenvalue weighted by molar-refractivity contribution is -0.167. The summed E-state index contributed by atoms with van der Waals surface area (Å²) in [4.78, 5) is 54.9. The largest absolute Gasteiger partial charge is 0.480 e. The van der Waals surface area contributed by atoms with Crippen molar-refractivity contribution in [2.24, 2.45) is 17.8 Å². The normalized spacial score (nSPS) is 28.3. The van der Waals surface area contributed by atoms with Crippen LogP contribution in [-0.2, 0) is 14.4 Å². The number of piperidine rings is 1. The van der Waals surface area contributed by atoms with Crippen LogP contribution in [0.4, 0.5) is 4.79 Å². The second kappa shape index (κ2) is 10.3. The van der Waals surface area contributed by atoms with Crippen molar-refractivity contribution in [3.8, 4) is 0 Å². The molecule has 186 valence electrons. The zero-order chi connectivity index (χ0) is 24.4. The zero-order valence-corrected chi connectivity index (χ0v) is 20.0. The Kier molecular flexibility index (Phi) is 7.40. The number of amides is 4. The van der Waals surface area contributed by atoms with E-state index in [2.05, 4.69) is 11.9 Å². The van der Waals surface area contributed by atoms with Gasteiger partial charge in [0.05, 0.1) is 5.92 Å². The maximum absolute atomic E-state index is 13.1. The highest BCUT2D eigenvalue weighted by molar-refractivity contribution is 6.07. The summed E-state index contributed by atoms with van der Waals surface area (Å²) in [5.74, 6) is -1.39. The second-order valence-corrected chi connectivity index (χ2v) is 10.1. The molecule has 3 aliphatic heterocycles. The Labute approximate surface area is 200 Å². The van der Waals surface area contributed by atoms with Gasteiger partial charge in [0.15, 0.2) is 6.04 Å². The third-order valence-corrected chi connectivity index (χ3v) is 7.94. The average Bonchev–Trinajstić information content (AvgIpc) is 2.85. The zero-order valence-electron chi connectivity index (χ0n) is 20.0. The van der Waals surface area contributed by atoms with Crippen LogP contribution in [0.2, 0.25) is 0 Å². The van der Waals surface area contributed by atoms with Crippen molar-refractivity contribution in [1.82, 2.24) is 20.0 Å². The van der Waals surface area contributed by atoms with Gasteiger partial charge in [-0.15, -0.1) is 0 Å². The molecule has 4 aliphatic rings. The minimum atomic E-state index is -1.13. The predicted molar refractivity (Wildman–Crippen MR) is 126 cm³/mol. The quantitative estimate of drug-likeness (QED) is 0.467.